The molecule has 0 aliphatic rings. The van der Waals surface area contributed by atoms with E-state index in [2.05, 4.69) is 10.6 Å². The number of rotatable bonds is 6. The van der Waals surface area contributed by atoms with E-state index in [4.69, 9.17) is 10.00 Å². The number of nitriles is 1. The van der Waals surface area contributed by atoms with E-state index >= 15 is 0 Å². The highest BCUT2D eigenvalue weighted by molar-refractivity contribution is 5.98. The standard InChI is InChI=1S/C20H19N3O4/c1-13(22-19(25)15-8-4-3-5-9-15)20(26)27-14(2)18(24)23-17-11-7-6-10-16(17)12-21/h3-11,13-14H,1-2H3,(H,22,25)(H,23,24)/t13-,14-/m0/s1. The number of amides is 2. The Morgan fingerprint density at radius 1 is 1.00 bits per heavy atom. The van der Waals surface area contributed by atoms with Crippen molar-refractivity contribution in [2.75, 3.05) is 5.32 Å². The Labute approximate surface area is 156 Å². The number of carbonyl (C=O) groups excluding carboxylic acids is 3. The van der Waals surface area contributed by atoms with Crippen molar-refractivity contribution >= 4 is 23.5 Å². The van der Waals surface area contributed by atoms with E-state index < -0.39 is 29.9 Å². The second-order valence-corrected chi connectivity index (χ2v) is 5.79. The summed E-state index contributed by atoms with van der Waals surface area (Å²) in [6.45, 7) is 2.88. The summed E-state index contributed by atoms with van der Waals surface area (Å²) in [4.78, 5) is 36.4. The quantitative estimate of drug-likeness (QED) is 0.763. The number of esters is 1. The molecular weight excluding hydrogens is 346 g/mol. The lowest BCUT2D eigenvalue weighted by atomic mass is 10.2. The molecule has 2 aromatic carbocycles. The third-order valence-electron chi connectivity index (χ3n) is 3.70. The SMILES string of the molecule is C[C@H](NC(=O)c1ccccc1)C(=O)O[C@@H](C)C(=O)Nc1ccccc1C#N. The molecule has 138 valence electrons. The lowest BCUT2D eigenvalue weighted by molar-refractivity contribution is -0.154. The summed E-state index contributed by atoms with van der Waals surface area (Å²) in [6.07, 6.45) is -1.10. The van der Waals surface area contributed by atoms with Crippen molar-refractivity contribution in [3.63, 3.8) is 0 Å². The lowest BCUT2D eigenvalue weighted by Crippen LogP contribution is -2.42. The van der Waals surface area contributed by atoms with Crippen LogP contribution in [0.4, 0.5) is 5.69 Å². The van der Waals surface area contributed by atoms with Crippen molar-refractivity contribution in [1.82, 2.24) is 5.32 Å². The van der Waals surface area contributed by atoms with Crippen LogP contribution in [0.5, 0.6) is 0 Å². The average molecular weight is 365 g/mol. The second-order valence-electron chi connectivity index (χ2n) is 5.79. The van der Waals surface area contributed by atoms with Gasteiger partial charge in [0.25, 0.3) is 11.8 Å². The number of benzene rings is 2. The minimum absolute atomic E-state index is 0.299. The highest BCUT2D eigenvalue weighted by atomic mass is 16.5. The van der Waals surface area contributed by atoms with E-state index in [0.717, 1.165) is 0 Å². The number of para-hydroxylation sites is 1. The number of nitrogens with zero attached hydrogens (tertiary/aromatic N) is 1. The summed E-state index contributed by atoms with van der Waals surface area (Å²) in [7, 11) is 0. The summed E-state index contributed by atoms with van der Waals surface area (Å²) < 4.78 is 5.11. The van der Waals surface area contributed by atoms with Crippen molar-refractivity contribution in [2.45, 2.75) is 26.0 Å². The highest BCUT2D eigenvalue weighted by Crippen LogP contribution is 2.14. The fraction of sp³-hybridized carbons (Fsp3) is 0.200. The molecule has 0 aliphatic carbocycles. The molecule has 27 heavy (non-hydrogen) atoms. The van der Waals surface area contributed by atoms with E-state index in [-0.39, 0.29) is 0 Å². The van der Waals surface area contributed by atoms with Gasteiger partial charge in [0.2, 0.25) is 0 Å². The predicted molar refractivity (Wildman–Crippen MR) is 98.7 cm³/mol. The van der Waals surface area contributed by atoms with E-state index in [1.165, 1.54) is 13.8 Å². The number of nitrogens with one attached hydrogen (secondary N) is 2. The molecule has 2 atom stereocenters. The van der Waals surface area contributed by atoms with E-state index in [1.807, 2.05) is 6.07 Å². The normalized spacial score (nSPS) is 12.2. The maximum Gasteiger partial charge on any atom is 0.329 e. The number of ether oxygens (including phenoxy) is 1. The van der Waals surface area contributed by atoms with Gasteiger partial charge in [0.05, 0.1) is 11.3 Å². The molecule has 0 bridgehead atoms. The van der Waals surface area contributed by atoms with Gasteiger partial charge in [0.15, 0.2) is 6.10 Å². The van der Waals surface area contributed by atoms with Gasteiger partial charge in [-0.15, -0.1) is 0 Å². The van der Waals surface area contributed by atoms with Gasteiger partial charge >= 0.3 is 5.97 Å². The zero-order valence-corrected chi connectivity index (χ0v) is 14.9. The molecule has 0 unspecified atom stereocenters. The van der Waals surface area contributed by atoms with Crippen LogP contribution in [0.15, 0.2) is 54.6 Å². The summed E-state index contributed by atoms with van der Waals surface area (Å²) >= 11 is 0. The molecule has 0 aromatic heterocycles. The van der Waals surface area contributed by atoms with Gasteiger partial charge in [-0.2, -0.15) is 5.26 Å². The van der Waals surface area contributed by atoms with Crippen molar-refractivity contribution in [2.24, 2.45) is 0 Å². The maximum atomic E-state index is 12.2. The Hall–Kier alpha value is -3.66. The Bertz CT molecular complexity index is 874. The molecule has 2 aromatic rings. The summed E-state index contributed by atoms with van der Waals surface area (Å²) in [6, 6.07) is 16.0. The number of hydrogen-bond acceptors (Lipinski definition) is 5. The Kier molecular flexibility index (Phi) is 6.67. The van der Waals surface area contributed by atoms with Gasteiger partial charge in [0.1, 0.15) is 12.1 Å². The monoisotopic (exact) mass is 365 g/mol. The Balaban J connectivity index is 1.91. The van der Waals surface area contributed by atoms with Crippen LogP contribution in [-0.4, -0.2) is 29.9 Å². The molecular formula is C20H19N3O4. The van der Waals surface area contributed by atoms with E-state index in [1.54, 1.807) is 54.6 Å². The molecule has 2 N–H and O–H groups in total. The molecule has 0 spiro atoms. The van der Waals surface area contributed by atoms with E-state index in [9.17, 15) is 14.4 Å². The molecule has 0 fully saturated rings. The molecule has 0 saturated heterocycles. The molecule has 0 aliphatic heterocycles. The van der Waals surface area contributed by atoms with Crippen LogP contribution >= 0.6 is 0 Å². The summed E-state index contributed by atoms with van der Waals surface area (Å²) in [5.74, 6) is -1.73. The zero-order chi connectivity index (χ0) is 19.8. The predicted octanol–water partition coefficient (Wildman–Crippen LogP) is 2.25. The van der Waals surface area contributed by atoms with E-state index in [0.29, 0.717) is 16.8 Å². The van der Waals surface area contributed by atoms with Crippen LogP contribution in [0.25, 0.3) is 0 Å². The van der Waals surface area contributed by atoms with Gasteiger partial charge in [0, 0.05) is 5.56 Å². The lowest BCUT2D eigenvalue weighted by Gasteiger charge is -2.18. The molecule has 7 heteroatoms. The number of carbonyl (C=O) groups is 3. The van der Waals surface area contributed by atoms with Crippen molar-refractivity contribution in [1.29, 1.82) is 5.26 Å². The smallest absolute Gasteiger partial charge is 0.329 e. The van der Waals surface area contributed by atoms with Gasteiger partial charge < -0.3 is 15.4 Å². The van der Waals surface area contributed by atoms with Crippen LogP contribution in [0.3, 0.4) is 0 Å². The van der Waals surface area contributed by atoms with Crippen molar-refractivity contribution in [3.8, 4) is 6.07 Å². The maximum absolute atomic E-state index is 12.2. The Morgan fingerprint density at radius 2 is 1.63 bits per heavy atom. The molecule has 0 heterocycles. The topological polar surface area (TPSA) is 108 Å². The van der Waals surface area contributed by atoms with Gasteiger partial charge in [-0.3, -0.25) is 9.59 Å². The van der Waals surface area contributed by atoms with Gasteiger partial charge in [-0.1, -0.05) is 30.3 Å². The molecule has 0 radical (unpaired) electrons. The first kappa shape index (κ1) is 19.7. The fourth-order valence-electron chi connectivity index (χ4n) is 2.18. The van der Waals surface area contributed by atoms with Crippen LogP contribution in [0.2, 0.25) is 0 Å². The first-order valence-electron chi connectivity index (χ1n) is 8.28. The van der Waals surface area contributed by atoms with Crippen LogP contribution in [0, 0.1) is 11.3 Å². The van der Waals surface area contributed by atoms with Crippen LogP contribution in [0.1, 0.15) is 29.8 Å². The largest absolute Gasteiger partial charge is 0.451 e. The minimum atomic E-state index is -1.10. The fourth-order valence-corrected chi connectivity index (χ4v) is 2.18. The number of anilines is 1. The summed E-state index contributed by atoms with van der Waals surface area (Å²) in [5.41, 5.74) is 1.04. The molecule has 2 amide bonds. The third-order valence-corrected chi connectivity index (χ3v) is 3.70. The Morgan fingerprint density at radius 3 is 2.30 bits per heavy atom. The average Bonchev–Trinajstić information content (AvgIpc) is 2.68. The zero-order valence-electron chi connectivity index (χ0n) is 14.9. The van der Waals surface area contributed by atoms with Crippen LogP contribution in [-0.2, 0) is 14.3 Å². The van der Waals surface area contributed by atoms with Gasteiger partial charge in [-0.25, -0.2) is 4.79 Å². The van der Waals surface area contributed by atoms with Crippen LogP contribution < -0.4 is 10.6 Å². The number of hydrogen-bond donors (Lipinski definition) is 2. The minimum Gasteiger partial charge on any atom is -0.451 e. The van der Waals surface area contributed by atoms with Crippen molar-refractivity contribution < 1.29 is 19.1 Å². The second kappa shape index (κ2) is 9.15. The first-order chi connectivity index (χ1) is 12.9. The molecule has 2 rings (SSSR count). The first-order valence-corrected chi connectivity index (χ1v) is 8.28. The van der Waals surface area contributed by atoms with Crippen molar-refractivity contribution in [3.05, 3.63) is 65.7 Å². The molecule has 7 nitrogen and oxygen atoms in total. The highest BCUT2D eigenvalue weighted by Gasteiger charge is 2.24. The van der Waals surface area contributed by atoms with Gasteiger partial charge in [-0.05, 0) is 38.1 Å². The summed E-state index contributed by atoms with van der Waals surface area (Å²) in [5, 5.41) is 14.1. The molecule has 0 saturated carbocycles. The third kappa shape index (κ3) is 5.41.